The van der Waals surface area contributed by atoms with Crippen molar-refractivity contribution in [1.29, 1.82) is 0 Å². The van der Waals surface area contributed by atoms with Gasteiger partial charge in [-0.3, -0.25) is 4.79 Å². The van der Waals surface area contributed by atoms with Crippen LogP contribution in [0.4, 0.5) is 13.2 Å². The second-order valence-electron chi connectivity index (χ2n) is 2.87. The van der Waals surface area contributed by atoms with Crippen LogP contribution in [0, 0.1) is 3.57 Å². The summed E-state index contributed by atoms with van der Waals surface area (Å²) in [6.07, 6.45) is -4.59. The second kappa shape index (κ2) is 4.48. The number of nitrogens with two attached hydrogens (primary N) is 1. The minimum atomic E-state index is -4.59. The standard InChI is InChI=1S/C9H7F3INO2/c1-16-7-4(8(14)15)2-3-5(13)6(7)9(10,11)12/h2-3H,1H3,(H2,14,15). The van der Waals surface area contributed by atoms with Gasteiger partial charge in [0.2, 0.25) is 0 Å². The van der Waals surface area contributed by atoms with Crippen molar-refractivity contribution < 1.29 is 22.7 Å². The quantitative estimate of drug-likeness (QED) is 0.837. The van der Waals surface area contributed by atoms with Crippen molar-refractivity contribution in [3.63, 3.8) is 0 Å². The van der Waals surface area contributed by atoms with Crippen LogP contribution in [0.5, 0.6) is 5.75 Å². The lowest BCUT2D eigenvalue weighted by Crippen LogP contribution is -2.17. The third kappa shape index (κ3) is 2.39. The molecule has 0 bridgehead atoms. The Balaban J connectivity index is 3.57. The molecular formula is C9H7F3INO2. The Morgan fingerprint density at radius 2 is 2.00 bits per heavy atom. The molecule has 1 rings (SSSR count). The zero-order valence-electron chi connectivity index (χ0n) is 8.06. The number of hydrogen-bond acceptors (Lipinski definition) is 2. The van der Waals surface area contributed by atoms with Gasteiger partial charge in [-0.25, -0.2) is 0 Å². The fourth-order valence-electron chi connectivity index (χ4n) is 1.23. The van der Waals surface area contributed by atoms with E-state index in [1.165, 1.54) is 34.7 Å². The summed E-state index contributed by atoms with van der Waals surface area (Å²) >= 11 is 1.52. The van der Waals surface area contributed by atoms with Crippen LogP contribution >= 0.6 is 22.6 Å². The number of methoxy groups -OCH3 is 1. The van der Waals surface area contributed by atoms with E-state index in [0.29, 0.717) is 0 Å². The molecule has 1 aromatic rings. The van der Waals surface area contributed by atoms with Crippen molar-refractivity contribution in [2.75, 3.05) is 7.11 Å². The molecule has 0 aliphatic carbocycles. The highest BCUT2D eigenvalue weighted by atomic mass is 127. The molecule has 0 aliphatic heterocycles. The Morgan fingerprint density at radius 3 is 2.38 bits per heavy atom. The molecular weight excluding hydrogens is 338 g/mol. The predicted octanol–water partition coefficient (Wildman–Crippen LogP) is 2.42. The summed E-state index contributed by atoms with van der Waals surface area (Å²) in [5.41, 5.74) is 3.70. The zero-order chi connectivity index (χ0) is 12.5. The van der Waals surface area contributed by atoms with Crippen LogP contribution in [0.25, 0.3) is 0 Å². The molecule has 0 atom stereocenters. The van der Waals surface area contributed by atoms with E-state index in [9.17, 15) is 18.0 Å². The number of benzene rings is 1. The largest absolute Gasteiger partial charge is 0.495 e. The van der Waals surface area contributed by atoms with E-state index in [1.54, 1.807) is 0 Å². The molecule has 88 valence electrons. The van der Waals surface area contributed by atoms with Crippen LogP contribution in [-0.2, 0) is 6.18 Å². The van der Waals surface area contributed by atoms with Gasteiger partial charge in [-0.1, -0.05) is 0 Å². The molecule has 0 radical (unpaired) electrons. The number of halogens is 4. The summed E-state index contributed by atoms with van der Waals surface area (Å²) < 4.78 is 42.7. The fraction of sp³-hybridized carbons (Fsp3) is 0.222. The first-order valence-electron chi connectivity index (χ1n) is 4.02. The molecule has 0 spiro atoms. The minimum Gasteiger partial charge on any atom is -0.495 e. The van der Waals surface area contributed by atoms with Gasteiger partial charge in [-0.2, -0.15) is 13.2 Å². The highest BCUT2D eigenvalue weighted by molar-refractivity contribution is 14.1. The normalized spacial score (nSPS) is 11.3. The summed E-state index contributed by atoms with van der Waals surface area (Å²) in [5.74, 6) is -1.49. The third-order valence-electron chi connectivity index (χ3n) is 1.86. The van der Waals surface area contributed by atoms with Gasteiger partial charge < -0.3 is 10.5 Å². The van der Waals surface area contributed by atoms with E-state index >= 15 is 0 Å². The molecule has 0 unspecified atom stereocenters. The van der Waals surface area contributed by atoms with Gasteiger partial charge in [0.1, 0.15) is 11.3 Å². The summed E-state index contributed by atoms with van der Waals surface area (Å²) in [5, 5.41) is 0. The van der Waals surface area contributed by atoms with Crippen molar-refractivity contribution in [1.82, 2.24) is 0 Å². The van der Waals surface area contributed by atoms with E-state index < -0.39 is 23.4 Å². The Morgan fingerprint density at radius 1 is 1.44 bits per heavy atom. The average Bonchev–Trinajstić information content (AvgIpc) is 2.14. The molecule has 1 aromatic carbocycles. The summed E-state index contributed by atoms with van der Waals surface area (Å²) in [4.78, 5) is 10.9. The summed E-state index contributed by atoms with van der Waals surface area (Å²) in [6, 6.07) is 2.38. The van der Waals surface area contributed by atoms with E-state index in [-0.39, 0.29) is 9.13 Å². The minimum absolute atomic E-state index is 0.0491. The van der Waals surface area contributed by atoms with Gasteiger partial charge in [0.25, 0.3) is 5.91 Å². The van der Waals surface area contributed by atoms with Crippen molar-refractivity contribution in [3.05, 3.63) is 26.8 Å². The highest BCUT2D eigenvalue weighted by Crippen LogP contribution is 2.40. The molecule has 1 amide bonds. The first-order valence-corrected chi connectivity index (χ1v) is 5.10. The Hall–Kier alpha value is -0.990. The van der Waals surface area contributed by atoms with Gasteiger partial charge in [-0.05, 0) is 34.7 Å². The van der Waals surface area contributed by atoms with Gasteiger partial charge in [0, 0.05) is 3.57 Å². The lowest BCUT2D eigenvalue weighted by atomic mass is 10.1. The average molecular weight is 345 g/mol. The number of primary amides is 1. The number of alkyl halides is 3. The third-order valence-corrected chi connectivity index (χ3v) is 2.76. The molecule has 16 heavy (non-hydrogen) atoms. The van der Waals surface area contributed by atoms with E-state index in [1.807, 2.05) is 0 Å². The number of carbonyl (C=O) groups is 1. The lowest BCUT2D eigenvalue weighted by molar-refractivity contribution is -0.139. The Labute approximate surface area is 103 Å². The molecule has 7 heteroatoms. The topological polar surface area (TPSA) is 52.3 Å². The lowest BCUT2D eigenvalue weighted by Gasteiger charge is -2.15. The number of rotatable bonds is 2. The monoisotopic (exact) mass is 345 g/mol. The van der Waals surface area contributed by atoms with Crippen molar-refractivity contribution in [3.8, 4) is 5.75 Å². The predicted molar refractivity (Wildman–Crippen MR) is 59.2 cm³/mol. The number of amides is 1. The van der Waals surface area contributed by atoms with Crippen LogP contribution in [0.15, 0.2) is 12.1 Å². The maximum Gasteiger partial charge on any atom is 0.421 e. The highest BCUT2D eigenvalue weighted by Gasteiger charge is 2.38. The van der Waals surface area contributed by atoms with Gasteiger partial charge in [0.15, 0.2) is 0 Å². The van der Waals surface area contributed by atoms with Gasteiger partial charge in [0.05, 0.1) is 12.7 Å². The van der Waals surface area contributed by atoms with Crippen molar-refractivity contribution in [2.24, 2.45) is 5.73 Å². The molecule has 0 saturated carbocycles. The molecule has 0 saturated heterocycles. The van der Waals surface area contributed by atoms with Crippen molar-refractivity contribution >= 4 is 28.5 Å². The molecule has 0 fully saturated rings. The second-order valence-corrected chi connectivity index (χ2v) is 4.03. The maximum atomic E-state index is 12.7. The molecule has 0 aromatic heterocycles. The van der Waals surface area contributed by atoms with E-state index in [4.69, 9.17) is 5.73 Å². The first-order chi connectivity index (χ1) is 7.29. The number of hydrogen-bond donors (Lipinski definition) is 1. The zero-order valence-corrected chi connectivity index (χ0v) is 10.2. The molecule has 0 aliphatic rings. The van der Waals surface area contributed by atoms with Gasteiger partial charge >= 0.3 is 6.18 Å². The molecule has 3 nitrogen and oxygen atoms in total. The maximum absolute atomic E-state index is 12.7. The van der Waals surface area contributed by atoms with E-state index in [2.05, 4.69) is 4.74 Å². The summed E-state index contributed by atoms with van der Waals surface area (Å²) in [6.45, 7) is 0. The number of ether oxygens (including phenoxy) is 1. The fourth-order valence-corrected chi connectivity index (χ4v) is 1.96. The Kier molecular flexibility index (Phi) is 3.66. The SMILES string of the molecule is COc1c(C(N)=O)ccc(I)c1C(F)(F)F. The summed E-state index contributed by atoms with van der Waals surface area (Å²) in [7, 11) is 1.06. The number of carbonyl (C=O) groups excluding carboxylic acids is 1. The molecule has 0 heterocycles. The molecule has 2 N–H and O–H groups in total. The smallest absolute Gasteiger partial charge is 0.421 e. The van der Waals surface area contributed by atoms with Crippen molar-refractivity contribution in [2.45, 2.75) is 6.18 Å². The Bertz CT molecular complexity index is 431. The van der Waals surface area contributed by atoms with Crippen LogP contribution in [0.3, 0.4) is 0 Å². The first kappa shape index (κ1) is 13.1. The van der Waals surface area contributed by atoms with Crippen LogP contribution < -0.4 is 10.5 Å². The van der Waals surface area contributed by atoms with E-state index in [0.717, 1.165) is 7.11 Å². The van der Waals surface area contributed by atoms with Crippen LogP contribution in [0.2, 0.25) is 0 Å². The van der Waals surface area contributed by atoms with Crippen LogP contribution in [-0.4, -0.2) is 13.0 Å². The van der Waals surface area contributed by atoms with Gasteiger partial charge in [-0.15, -0.1) is 0 Å². The van der Waals surface area contributed by atoms with Crippen LogP contribution in [0.1, 0.15) is 15.9 Å².